The van der Waals surface area contributed by atoms with Gasteiger partial charge in [0, 0.05) is 32.1 Å². The summed E-state index contributed by atoms with van der Waals surface area (Å²) in [7, 11) is 1.88. The van der Waals surface area contributed by atoms with Gasteiger partial charge in [-0.25, -0.2) is 0 Å². The van der Waals surface area contributed by atoms with Crippen LogP contribution < -0.4 is 5.32 Å². The van der Waals surface area contributed by atoms with Gasteiger partial charge in [0.05, 0.1) is 12.2 Å². The van der Waals surface area contributed by atoms with Crippen molar-refractivity contribution in [3.63, 3.8) is 0 Å². The zero-order chi connectivity index (χ0) is 16.1. The van der Waals surface area contributed by atoms with Crippen molar-refractivity contribution >= 4 is 5.91 Å². The molecule has 0 unspecified atom stereocenters. The Kier molecular flexibility index (Phi) is 5.30. The minimum atomic E-state index is 0.0280. The summed E-state index contributed by atoms with van der Waals surface area (Å²) in [6.45, 7) is 7.53. The highest BCUT2D eigenvalue weighted by atomic mass is 16.1. The van der Waals surface area contributed by atoms with Crippen LogP contribution in [0.2, 0.25) is 0 Å². The van der Waals surface area contributed by atoms with Crippen molar-refractivity contribution in [2.45, 2.75) is 46.6 Å². The molecule has 0 aliphatic carbocycles. The molecule has 0 radical (unpaired) electrons. The van der Waals surface area contributed by atoms with E-state index >= 15 is 0 Å². The van der Waals surface area contributed by atoms with E-state index in [4.69, 9.17) is 0 Å². The van der Waals surface area contributed by atoms with E-state index in [-0.39, 0.29) is 5.91 Å². The molecular formula is C15H24N6O. The third kappa shape index (κ3) is 3.72. The maximum atomic E-state index is 11.9. The molecule has 0 spiro atoms. The molecule has 0 aliphatic rings. The number of hydrogen-bond donors (Lipinski definition) is 1. The van der Waals surface area contributed by atoms with Gasteiger partial charge in [0.25, 0.3) is 0 Å². The molecule has 0 aliphatic heterocycles. The van der Waals surface area contributed by atoms with E-state index < -0.39 is 0 Å². The zero-order valence-electron chi connectivity index (χ0n) is 13.8. The summed E-state index contributed by atoms with van der Waals surface area (Å²) in [5.74, 6) is 0.849. The molecular weight excluding hydrogens is 280 g/mol. The van der Waals surface area contributed by atoms with Gasteiger partial charge in [0.1, 0.15) is 12.2 Å². The topological polar surface area (TPSA) is 77.6 Å². The van der Waals surface area contributed by atoms with Crippen LogP contribution in [0.25, 0.3) is 0 Å². The lowest BCUT2D eigenvalue weighted by Gasteiger charge is -2.07. The molecule has 0 fully saturated rings. The van der Waals surface area contributed by atoms with Gasteiger partial charge in [-0.3, -0.25) is 9.48 Å². The van der Waals surface area contributed by atoms with Gasteiger partial charge in [0.2, 0.25) is 5.91 Å². The minimum Gasteiger partial charge on any atom is -0.354 e. The summed E-state index contributed by atoms with van der Waals surface area (Å²) in [4.78, 5) is 11.9. The fourth-order valence-corrected chi connectivity index (χ4v) is 2.61. The van der Waals surface area contributed by atoms with E-state index in [9.17, 15) is 4.79 Å². The fraction of sp³-hybridized carbons (Fsp3) is 0.600. The van der Waals surface area contributed by atoms with Crippen molar-refractivity contribution in [2.75, 3.05) is 6.54 Å². The van der Waals surface area contributed by atoms with Crippen molar-refractivity contribution in [1.82, 2.24) is 29.9 Å². The molecule has 0 aromatic carbocycles. The van der Waals surface area contributed by atoms with E-state index in [0.717, 1.165) is 17.9 Å². The number of amides is 1. The molecule has 7 heteroatoms. The Balaban J connectivity index is 1.76. The highest BCUT2D eigenvalue weighted by Gasteiger charge is 2.10. The van der Waals surface area contributed by atoms with Gasteiger partial charge in [0.15, 0.2) is 0 Å². The van der Waals surface area contributed by atoms with Gasteiger partial charge in [-0.15, -0.1) is 10.2 Å². The van der Waals surface area contributed by atoms with Crippen molar-refractivity contribution in [1.29, 1.82) is 0 Å². The largest absolute Gasteiger partial charge is 0.354 e. The van der Waals surface area contributed by atoms with Gasteiger partial charge in [-0.1, -0.05) is 6.92 Å². The molecule has 120 valence electrons. The fourth-order valence-electron chi connectivity index (χ4n) is 2.61. The molecule has 2 heterocycles. The smallest absolute Gasteiger partial charge is 0.220 e. The number of rotatable bonds is 7. The number of carbonyl (C=O) groups is 1. The SMILES string of the molecule is CCc1c(C)nn(CCNC(=O)CCc2nncn2C)c1C. The van der Waals surface area contributed by atoms with Gasteiger partial charge < -0.3 is 9.88 Å². The number of aromatic nitrogens is 5. The molecule has 22 heavy (non-hydrogen) atoms. The molecule has 2 rings (SSSR count). The second-order valence-corrected chi connectivity index (χ2v) is 5.43. The Hall–Kier alpha value is -2.18. The summed E-state index contributed by atoms with van der Waals surface area (Å²) in [6.07, 6.45) is 3.65. The number of aryl methyl sites for hydroxylation is 3. The first-order valence-electron chi connectivity index (χ1n) is 7.65. The lowest BCUT2D eigenvalue weighted by molar-refractivity contribution is -0.121. The number of carbonyl (C=O) groups excluding carboxylic acids is 1. The first kappa shape index (κ1) is 16.2. The Morgan fingerprint density at radius 2 is 2.14 bits per heavy atom. The number of nitrogens with one attached hydrogen (secondary N) is 1. The molecule has 1 amide bonds. The van der Waals surface area contributed by atoms with E-state index in [0.29, 0.717) is 25.9 Å². The predicted molar refractivity (Wildman–Crippen MR) is 83.4 cm³/mol. The van der Waals surface area contributed by atoms with Crippen LogP contribution in [-0.2, 0) is 31.2 Å². The summed E-state index contributed by atoms with van der Waals surface area (Å²) in [5.41, 5.74) is 3.57. The van der Waals surface area contributed by atoms with Crippen LogP contribution in [0.5, 0.6) is 0 Å². The first-order chi connectivity index (χ1) is 10.5. The Morgan fingerprint density at radius 3 is 2.73 bits per heavy atom. The lowest BCUT2D eigenvalue weighted by atomic mass is 10.1. The monoisotopic (exact) mass is 304 g/mol. The van der Waals surface area contributed by atoms with Crippen molar-refractivity contribution in [3.8, 4) is 0 Å². The number of hydrogen-bond acceptors (Lipinski definition) is 4. The lowest BCUT2D eigenvalue weighted by Crippen LogP contribution is -2.28. The molecule has 7 nitrogen and oxygen atoms in total. The molecule has 0 atom stereocenters. The molecule has 2 aromatic rings. The van der Waals surface area contributed by atoms with E-state index in [1.54, 1.807) is 6.33 Å². The molecule has 0 bridgehead atoms. The van der Waals surface area contributed by atoms with Crippen LogP contribution in [-0.4, -0.2) is 37.0 Å². The summed E-state index contributed by atoms with van der Waals surface area (Å²) >= 11 is 0. The average Bonchev–Trinajstić information content (AvgIpc) is 3.00. The Bertz CT molecular complexity index is 642. The second-order valence-electron chi connectivity index (χ2n) is 5.43. The van der Waals surface area contributed by atoms with Crippen LogP contribution in [0.15, 0.2) is 6.33 Å². The Morgan fingerprint density at radius 1 is 1.36 bits per heavy atom. The third-order valence-corrected chi connectivity index (χ3v) is 3.91. The van der Waals surface area contributed by atoms with Gasteiger partial charge >= 0.3 is 0 Å². The normalized spacial score (nSPS) is 10.9. The summed E-state index contributed by atoms with van der Waals surface area (Å²) < 4.78 is 3.80. The first-order valence-corrected chi connectivity index (χ1v) is 7.65. The molecule has 0 saturated heterocycles. The van der Waals surface area contributed by atoms with Crippen LogP contribution in [0.3, 0.4) is 0 Å². The average molecular weight is 304 g/mol. The second kappa shape index (κ2) is 7.20. The zero-order valence-corrected chi connectivity index (χ0v) is 13.8. The van der Waals surface area contributed by atoms with Crippen LogP contribution >= 0.6 is 0 Å². The highest BCUT2D eigenvalue weighted by Crippen LogP contribution is 2.12. The van der Waals surface area contributed by atoms with Crippen molar-refractivity contribution in [2.24, 2.45) is 7.05 Å². The van der Waals surface area contributed by atoms with Crippen molar-refractivity contribution in [3.05, 3.63) is 29.1 Å². The van der Waals surface area contributed by atoms with E-state index in [1.165, 1.54) is 11.3 Å². The van der Waals surface area contributed by atoms with E-state index in [1.807, 2.05) is 23.2 Å². The van der Waals surface area contributed by atoms with Crippen molar-refractivity contribution < 1.29 is 4.79 Å². The highest BCUT2D eigenvalue weighted by molar-refractivity contribution is 5.75. The van der Waals surface area contributed by atoms with Crippen LogP contribution in [0.1, 0.15) is 36.1 Å². The van der Waals surface area contributed by atoms with Gasteiger partial charge in [-0.2, -0.15) is 5.10 Å². The third-order valence-electron chi connectivity index (χ3n) is 3.91. The maximum absolute atomic E-state index is 11.9. The summed E-state index contributed by atoms with van der Waals surface area (Å²) in [6, 6.07) is 0. The van der Waals surface area contributed by atoms with Crippen LogP contribution in [0.4, 0.5) is 0 Å². The van der Waals surface area contributed by atoms with E-state index in [2.05, 4.69) is 34.5 Å². The number of nitrogens with zero attached hydrogens (tertiary/aromatic N) is 5. The summed E-state index contributed by atoms with van der Waals surface area (Å²) in [5, 5.41) is 15.2. The molecule has 2 aromatic heterocycles. The standard InChI is InChI=1S/C15H24N6O/c1-5-13-11(2)19-21(12(13)3)9-8-16-15(22)7-6-14-18-17-10-20(14)4/h10H,5-9H2,1-4H3,(H,16,22). The van der Waals surface area contributed by atoms with Crippen LogP contribution in [0, 0.1) is 13.8 Å². The quantitative estimate of drug-likeness (QED) is 0.826. The minimum absolute atomic E-state index is 0.0280. The predicted octanol–water partition coefficient (Wildman–Crippen LogP) is 0.940. The molecule has 1 N–H and O–H groups in total. The maximum Gasteiger partial charge on any atom is 0.220 e. The Labute approximate surface area is 130 Å². The van der Waals surface area contributed by atoms with Gasteiger partial charge in [-0.05, 0) is 25.8 Å². The molecule has 0 saturated carbocycles.